The monoisotopic (exact) mass is 340 g/mol. The second-order valence-electron chi connectivity index (χ2n) is 5.94. The van der Waals surface area contributed by atoms with Crippen molar-refractivity contribution >= 4 is 34.8 Å². The highest BCUT2D eigenvalue weighted by Crippen LogP contribution is 2.29. The maximum absolute atomic E-state index is 12.1. The van der Waals surface area contributed by atoms with Crippen LogP contribution in [-0.4, -0.2) is 36.2 Å². The Morgan fingerprint density at radius 3 is 2.77 bits per heavy atom. The lowest BCUT2D eigenvalue weighted by Gasteiger charge is -2.30. The van der Waals surface area contributed by atoms with Crippen LogP contribution < -0.4 is 0 Å². The van der Waals surface area contributed by atoms with Crippen molar-refractivity contribution in [2.75, 3.05) is 13.6 Å². The maximum Gasteiger partial charge on any atom is 0.225 e. The average molecular weight is 341 g/mol. The van der Waals surface area contributed by atoms with Gasteiger partial charge in [0.05, 0.1) is 22.3 Å². The Bertz CT molecular complexity index is 614. The molecule has 1 amide bonds. The number of rotatable bonds is 4. The summed E-state index contributed by atoms with van der Waals surface area (Å²) in [6.45, 7) is 0.559. The normalized spacial score (nSPS) is 21.0. The molecule has 22 heavy (non-hydrogen) atoms. The predicted octanol–water partition coefficient (Wildman–Crippen LogP) is 3.74. The Labute approximate surface area is 140 Å². The van der Waals surface area contributed by atoms with Gasteiger partial charge >= 0.3 is 0 Å². The molecule has 1 atom stereocenters. The van der Waals surface area contributed by atoms with E-state index in [2.05, 4.69) is 5.16 Å². The van der Waals surface area contributed by atoms with Crippen molar-refractivity contribution in [3.8, 4) is 0 Å². The molecule has 0 unspecified atom stereocenters. The highest BCUT2D eigenvalue weighted by Gasteiger charge is 2.31. The molecule has 1 aliphatic heterocycles. The maximum atomic E-state index is 12.1. The third-order valence-electron chi connectivity index (χ3n) is 4.29. The first-order valence-electron chi connectivity index (χ1n) is 7.47. The van der Waals surface area contributed by atoms with Crippen LogP contribution in [0.1, 0.15) is 31.2 Å². The van der Waals surface area contributed by atoms with Gasteiger partial charge in [-0.25, -0.2) is 0 Å². The number of likely N-dealkylation sites (N-methyl/N-ethyl adjacent to an activating group) is 1. The number of nitrogens with zero attached hydrogens (tertiary/aromatic N) is 2. The number of carbonyl (C=O) groups is 1. The molecular weight excluding hydrogens is 323 g/mol. The number of oxime groups is 1. The standard InChI is InChI=1S/C16H18Cl2N2O2/c1-20(16(21)10-3-2-4-10)9-12-8-15(19-22-12)11-5-6-13(17)14(18)7-11/h5-7,10,12H,2-4,8-9H2,1H3/t12-/m1/s1. The fourth-order valence-corrected chi connectivity index (χ4v) is 3.03. The summed E-state index contributed by atoms with van der Waals surface area (Å²) in [5.74, 6) is 0.430. The number of benzene rings is 1. The summed E-state index contributed by atoms with van der Waals surface area (Å²) in [5.41, 5.74) is 1.75. The van der Waals surface area contributed by atoms with E-state index in [-0.39, 0.29) is 17.9 Å². The van der Waals surface area contributed by atoms with Gasteiger partial charge in [-0.2, -0.15) is 0 Å². The number of hydrogen-bond acceptors (Lipinski definition) is 3. The van der Waals surface area contributed by atoms with Crippen LogP contribution in [-0.2, 0) is 9.63 Å². The minimum absolute atomic E-state index is 0.0986. The fourth-order valence-electron chi connectivity index (χ4n) is 2.73. The van der Waals surface area contributed by atoms with E-state index in [0.29, 0.717) is 23.0 Å². The molecule has 1 aromatic carbocycles. The van der Waals surface area contributed by atoms with E-state index >= 15 is 0 Å². The molecule has 1 fully saturated rings. The van der Waals surface area contributed by atoms with Gasteiger partial charge in [-0.05, 0) is 25.0 Å². The van der Waals surface area contributed by atoms with Crippen LogP contribution in [0.4, 0.5) is 0 Å². The van der Waals surface area contributed by atoms with Crippen LogP contribution in [0.2, 0.25) is 10.0 Å². The summed E-state index contributed by atoms with van der Waals surface area (Å²) < 4.78 is 0. The molecule has 4 nitrogen and oxygen atoms in total. The lowest BCUT2D eigenvalue weighted by atomic mass is 9.84. The molecule has 0 N–H and O–H groups in total. The summed E-state index contributed by atoms with van der Waals surface area (Å²) in [4.78, 5) is 19.4. The Balaban J connectivity index is 1.57. The van der Waals surface area contributed by atoms with Crippen molar-refractivity contribution < 1.29 is 9.63 Å². The number of halogens is 2. The summed E-state index contributed by atoms with van der Waals surface area (Å²) >= 11 is 12.0. The molecule has 1 saturated carbocycles. The molecular formula is C16H18Cl2N2O2. The lowest BCUT2D eigenvalue weighted by Crippen LogP contribution is -2.40. The Kier molecular flexibility index (Phi) is 4.59. The molecule has 0 radical (unpaired) electrons. The molecule has 1 heterocycles. The van der Waals surface area contributed by atoms with Gasteiger partial charge in [0, 0.05) is 24.9 Å². The largest absolute Gasteiger partial charge is 0.390 e. The second-order valence-corrected chi connectivity index (χ2v) is 6.76. The number of hydrogen-bond donors (Lipinski definition) is 0. The average Bonchev–Trinajstić information content (AvgIpc) is 2.88. The van der Waals surface area contributed by atoms with Crippen molar-refractivity contribution in [3.05, 3.63) is 33.8 Å². The van der Waals surface area contributed by atoms with Crippen LogP contribution in [0.25, 0.3) is 0 Å². The molecule has 0 aromatic heterocycles. The van der Waals surface area contributed by atoms with Crippen LogP contribution in [0.15, 0.2) is 23.4 Å². The van der Waals surface area contributed by atoms with Gasteiger partial charge < -0.3 is 9.74 Å². The Hall–Kier alpha value is -1.26. The van der Waals surface area contributed by atoms with Crippen LogP contribution in [0.5, 0.6) is 0 Å². The first-order chi connectivity index (χ1) is 10.5. The molecule has 2 aliphatic rings. The summed E-state index contributed by atoms with van der Waals surface area (Å²) in [6.07, 6.45) is 3.76. The molecule has 1 aromatic rings. The van der Waals surface area contributed by atoms with Crippen LogP contribution in [0, 0.1) is 5.92 Å². The van der Waals surface area contributed by atoms with Crippen molar-refractivity contribution in [2.24, 2.45) is 11.1 Å². The topological polar surface area (TPSA) is 41.9 Å². The summed E-state index contributed by atoms with van der Waals surface area (Å²) in [7, 11) is 1.83. The molecule has 118 valence electrons. The highest BCUT2D eigenvalue weighted by atomic mass is 35.5. The van der Waals surface area contributed by atoms with Crippen molar-refractivity contribution in [1.29, 1.82) is 0 Å². The SMILES string of the molecule is CN(C[C@H]1CC(c2ccc(Cl)c(Cl)c2)=NO1)C(=O)C1CCC1. The summed E-state index contributed by atoms with van der Waals surface area (Å²) in [6, 6.07) is 5.42. The Morgan fingerprint density at radius 2 is 2.14 bits per heavy atom. The van der Waals surface area contributed by atoms with E-state index in [9.17, 15) is 4.79 Å². The minimum atomic E-state index is -0.0986. The van der Waals surface area contributed by atoms with Crippen molar-refractivity contribution in [2.45, 2.75) is 31.8 Å². The highest BCUT2D eigenvalue weighted by molar-refractivity contribution is 6.42. The molecule has 1 aliphatic carbocycles. The van der Waals surface area contributed by atoms with Crippen molar-refractivity contribution in [1.82, 2.24) is 4.90 Å². The molecule has 0 spiro atoms. The fraction of sp³-hybridized carbons (Fsp3) is 0.500. The lowest BCUT2D eigenvalue weighted by molar-refractivity contribution is -0.138. The third kappa shape index (κ3) is 3.23. The van der Waals surface area contributed by atoms with Gasteiger partial charge in [0.15, 0.2) is 6.10 Å². The number of carbonyl (C=O) groups excluding carboxylic acids is 1. The third-order valence-corrected chi connectivity index (χ3v) is 5.03. The quantitative estimate of drug-likeness (QED) is 0.837. The van der Waals surface area contributed by atoms with Gasteiger partial charge in [0.2, 0.25) is 5.91 Å². The second kappa shape index (κ2) is 6.47. The van der Waals surface area contributed by atoms with E-state index < -0.39 is 0 Å². The van der Waals surface area contributed by atoms with E-state index in [1.807, 2.05) is 13.1 Å². The van der Waals surface area contributed by atoms with E-state index in [1.54, 1.807) is 17.0 Å². The smallest absolute Gasteiger partial charge is 0.225 e. The molecule has 0 bridgehead atoms. The van der Waals surface area contributed by atoms with E-state index in [1.165, 1.54) is 0 Å². The zero-order chi connectivity index (χ0) is 15.7. The van der Waals surface area contributed by atoms with Crippen LogP contribution in [0.3, 0.4) is 0 Å². The Morgan fingerprint density at radius 1 is 1.36 bits per heavy atom. The van der Waals surface area contributed by atoms with Gasteiger partial charge in [-0.15, -0.1) is 0 Å². The first-order valence-corrected chi connectivity index (χ1v) is 8.23. The molecule has 3 rings (SSSR count). The van der Waals surface area contributed by atoms with Crippen molar-refractivity contribution in [3.63, 3.8) is 0 Å². The zero-order valence-electron chi connectivity index (χ0n) is 12.4. The van der Waals surface area contributed by atoms with Gasteiger partial charge in [0.25, 0.3) is 0 Å². The van der Waals surface area contributed by atoms with E-state index in [4.69, 9.17) is 28.0 Å². The summed E-state index contributed by atoms with van der Waals surface area (Å²) in [5, 5.41) is 5.15. The molecule has 0 saturated heterocycles. The van der Waals surface area contributed by atoms with Gasteiger partial charge in [0.1, 0.15) is 0 Å². The van der Waals surface area contributed by atoms with Gasteiger partial charge in [-0.3, -0.25) is 4.79 Å². The van der Waals surface area contributed by atoms with Crippen LogP contribution >= 0.6 is 23.2 Å². The zero-order valence-corrected chi connectivity index (χ0v) is 13.9. The first kappa shape index (κ1) is 15.6. The molecule has 6 heteroatoms. The van der Waals surface area contributed by atoms with E-state index in [0.717, 1.165) is 30.5 Å². The predicted molar refractivity (Wildman–Crippen MR) is 87.5 cm³/mol. The number of amides is 1. The minimum Gasteiger partial charge on any atom is -0.390 e. The van der Waals surface area contributed by atoms with Gasteiger partial charge in [-0.1, -0.05) is 40.8 Å².